The number of benzene rings is 1. The van der Waals surface area contributed by atoms with E-state index in [0.717, 1.165) is 56.8 Å². The molecule has 1 aromatic carbocycles. The first kappa shape index (κ1) is 26.7. The standard InChI is InChI=1S/C21H32N4O3.2ClH/c1-2-17-6-3-4-8-19(17)23-20(26)16-24-9-11-25(12-10-24)21(27)15-22-14-18-7-5-13-28-18;;/h3-4,6,8,18,22H,2,5,7,9-16H2,1H3,(H,23,26);2*1H. The molecule has 0 radical (unpaired) electrons. The number of para-hydroxylation sites is 1. The summed E-state index contributed by atoms with van der Waals surface area (Å²) in [5.74, 6) is 0.123. The van der Waals surface area contributed by atoms with Crippen LogP contribution < -0.4 is 10.6 Å². The Hall–Kier alpha value is -1.38. The van der Waals surface area contributed by atoms with Crippen molar-refractivity contribution in [1.29, 1.82) is 0 Å². The van der Waals surface area contributed by atoms with Crippen LogP contribution in [-0.4, -0.2) is 80.1 Å². The molecule has 1 atom stereocenters. The van der Waals surface area contributed by atoms with Crippen molar-refractivity contribution in [2.24, 2.45) is 0 Å². The van der Waals surface area contributed by atoms with Crippen molar-refractivity contribution in [3.63, 3.8) is 0 Å². The van der Waals surface area contributed by atoms with Gasteiger partial charge in [-0.05, 0) is 30.9 Å². The van der Waals surface area contributed by atoms with Gasteiger partial charge in [-0.1, -0.05) is 25.1 Å². The zero-order chi connectivity index (χ0) is 19.8. The molecule has 0 aromatic heterocycles. The van der Waals surface area contributed by atoms with E-state index in [4.69, 9.17) is 4.74 Å². The zero-order valence-electron chi connectivity index (χ0n) is 17.6. The Morgan fingerprint density at radius 3 is 2.53 bits per heavy atom. The molecular formula is C21H34Cl2N4O3. The third-order valence-corrected chi connectivity index (χ3v) is 5.44. The molecule has 2 aliphatic heterocycles. The van der Waals surface area contributed by atoms with Gasteiger partial charge in [-0.15, -0.1) is 24.8 Å². The summed E-state index contributed by atoms with van der Waals surface area (Å²) >= 11 is 0. The van der Waals surface area contributed by atoms with E-state index in [1.165, 1.54) is 0 Å². The zero-order valence-corrected chi connectivity index (χ0v) is 19.2. The van der Waals surface area contributed by atoms with Gasteiger partial charge in [0.05, 0.1) is 19.2 Å². The predicted octanol–water partition coefficient (Wildman–Crippen LogP) is 1.94. The molecule has 1 aromatic rings. The quantitative estimate of drug-likeness (QED) is 0.619. The summed E-state index contributed by atoms with van der Waals surface area (Å²) in [7, 11) is 0. The molecule has 0 aliphatic carbocycles. The van der Waals surface area contributed by atoms with Crippen LogP contribution in [0.2, 0.25) is 0 Å². The fraction of sp³-hybridized carbons (Fsp3) is 0.619. The minimum absolute atomic E-state index is 0. The lowest BCUT2D eigenvalue weighted by Crippen LogP contribution is -2.52. The number of hydrogen-bond donors (Lipinski definition) is 2. The molecule has 2 heterocycles. The Labute approximate surface area is 191 Å². The van der Waals surface area contributed by atoms with Gasteiger partial charge < -0.3 is 20.3 Å². The number of carbonyl (C=O) groups excluding carboxylic acids is 2. The van der Waals surface area contributed by atoms with Crippen LogP contribution in [0.5, 0.6) is 0 Å². The maximum Gasteiger partial charge on any atom is 0.238 e. The van der Waals surface area contributed by atoms with Crippen LogP contribution >= 0.6 is 24.8 Å². The summed E-state index contributed by atoms with van der Waals surface area (Å²) in [6, 6.07) is 7.90. The number of rotatable bonds is 8. The molecule has 0 spiro atoms. The summed E-state index contributed by atoms with van der Waals surface area (Å²) in [4.78, 5) is 28.7. The Bertz CT molecular complexity index is 663. The van der Waals surface area contributed by atoms with Crippen molar-refractivity contribution in [3.05, 3.63) is 29.8 Å². The molecule has 0 saturated carbocycles. The number of aryl methyl sites for hydroxylation is 1. The van der Waals surface area contributed by atoms with Crippen LogP contribution in [-0.2, 0) is 20.7 Å². The fourth-order valence-electron chi connectivity index (χ4n) is 3.76. The highest BCUT2D eigenvalue weighted by Gasteiger charge is 2.23. The monoisotopic (exact) mass is 460 g/mol. The summed E-state index contributed by atoms with van der Waals surface area (Å²) < 4.78 is 5.56. The van der Waals surface area contributed by atoms with Gasteiger partial charge in [0.15, 0.2) is 0 Å². The maximum absolute atomic E-state index is 12.4. The Morgan fingerprint density at radius 2 is 1.87 bits per heavy atom. The van der Waals surface area contributed by atoms with Crippen LogP contribution in [0.3, 0.4) is 0 Å². The molecule has 2 amide bonds. The molecule has 30 heavy (non-hydrogen) atoms. The highest BCUT2D eigenvalue weighted by Crippen LogP contribution is 2.15. The molecule has 2 saturated heterocycles. The number of hydrogen-bond acceptors (Lipinski definition) is 5. The van der Waals surface area contributed by atoms with Crippen molar-refractivity contribution < 1.29 is 14.3 Å². The van der Waals surface area contributed by atoms with Crippen LogP contribution in [0.4, 0.5) is 5.69 Å². The third-order valence-electron chi connectivity index (χ3n) is 5.44. The van der Waals surface area contributed by atoms with E-state index in [2.05, 4.69) is 22.5 Å². The molecule has 3 rings (SSSR count). The Morgan fingerprint density at radius 1 is 1.13 bits per heavy atom. The van der Waals surface area contributed by atoms with Crippen LogP contribution in [0, 0.1) is 0 Å². The molecular weight excluding hydrogens is 427 g/mol. The average Bonchev–Trinajstić information content (AvgIpc) is 3.22. The van der Waals surface area contributed by atoms with E-state index < -0.39 is 0 Å². The molecule has 2 N–H and O–H groups in total. The second-order valence-electron chi connectivity index (χ2n) is 7.48. The number of halogens is 2. The number of nitrogens with zero attached hydrogens (tertiary/aromatic N) is 2. The normalized spacial score (nSPS) is 19.0. The molecule has 1 unspecified atom stereocenters. The van der Waals surface area contributed by atoms with Crippen molar-refractivity contribution >= 4 is 42.3 Å². The van der Waals surface area contributed by atoms with Crippen molar-refractivity contribution in [2.45, 2.75) is 32.3 Å². The molecule has 9 heteroatoms. The van der Waals surface area contributed by atoms with E-state index in [1.807, 2.05) is 29.2 Å². The number of piperazine rings is 1. The largest absolute Gasteiger partial charge is 0.377 e. The lowest BCUT2D eigenvalue weighted by molar-refractivity contribution is -0.132. The number of anilines is 1. The fourth-order valence-corrected chi connectivity index (χ4v) is 3.76. The van der Waals surface area contributed by atoms with Crippen LogP contribution in [0.15, 0.2) is 24.3 Å². The van der Waals surface area contributed by atoms with Crippen molar-refractivity contribution in [1.82, 2.24) is 15.1 Å². The van der Waals surface area contributed by atoms with Gasteiger partial charge in [0.1, 0.15) is 0 Å². The number of ether oxygens (including phenoxy) is 1. The van der Waals surface area contributed by atoms with E-state index in [0.29, 0.717) is 26.2 Å². The highest BCUT2D eigenvalue weighted by molar-refractivity contribution is 5.93. The second-order valence-corrected chi connectivity index (χ2v) is 7.48. The van der Waals surface area contributed by atoms with Gasteiger partial charge >= 0.3 is 0 Å². The van der Waals surface area contributed by atoms with Crippen LogP contribution in [0.1, 0.15) is 25.3 Å². The number of amides is 2. The van der Waals surface area contributed by atoms with Gasteiger partial charge in [0.2, 0.25) is 11.8 Å². The maximum atomic E-state index is 12.4. The van der Waals surface area contributed by atoms with E-state index >= 15 is 0 Å². The first-order chi connectivity index (χ1) is 13.7. The lowest BCUT2D eigenvalue weighted by Gasteiger charge is -2.34. The number of carbonyl (C=O) groups is 2. The van der Waals surface area contributed by atoms with E-state index in [-0.39, 0.29) is 42.7 Å². The Balaban J connectivity index is 0.00000225. The van der Waals surface area contributed by atoms with Gasteiger partial charge in [-0.25, -0.2) is 0 Å². The topological polar surface area (TPSA) is 73.9 Å². The van der Waals surface area contributed by atoms with Gasteiger partial charge in [0, 0.05) is 45.0 Å². The highest BCUT2D eigenvalue weighted by atomic mass is 35.5. The summed E-state index contributed by atoms with van der Waals surface area (Å²) in [6.07, 6.45) is 3.32. The van der Waals surface area contributed by atoms with Gasteiger partial charge in [-0.3, -0.25) is 14.5 Å². The van der Waals surface area contributed by atoms with Gasteiger partial charge in [-0.2, -0.15) is 0 Å². The van der Waals surface area contributed by atoms with Crippen molar-refractivity contribution in [2.75, 3.05) is 57.7 Å². The molecule has 2 fully saturated rings. The summed E-state index contributed by atoms with van der Waals surface area (Å²) in [6.45, 7) is 7.15. The minimum Gasteiger partial charge on any atom is -0.377 e. The lowest BCUT2D eigenvalue weighted by atomic mass is 10.1. The molecule has 170 valence electrons. The Kier molecular flexibility index (Phi) is 12.3. The smallest absolute Gasteiger partial charge is 0.238 e. The second kappa shape index (κ2) is 13.8. The third kappa shape index (κ3) is 8.04. The summed E-state index contributed by atoms with van der Waals surface area (Å²) in [5, 5.41) is 6.23. The molecule has 7 nitrogen and oxygen atoms in total. The van der Waals surface area contributed by atoms with Crippen LogP contribution in [0.25, 0.3) is 0 Å². The number of nitrogens with one attached hydrogen (secondary N) is 2. The van der Waals surface area contributed by atoms with E-state index in [1.54, 1.807) is 0 Å². The average molecular weight is 461 g/mol. The molecule has 0 bridgehead atoms. The summed E-state index contributed by atoms with van der Waals surface area (Å²) in [5.41, 5.74) is 2.03. The minimum atomic E-state index is -0.00101. The van der Waals surface area contributed by atoms with Gasteiger partial charge in [0.25, 0.3) is 0 Å². The SMILES string of the molecule is CCc1ccccc1NC(=O)CN1CCN(C(=O)CNCC2CCCO2)CC1.Cl.Cl. The molecule has 2 aliphatic rings. The first-order valence-electron chi connectivity index (χ1n) is 10.4. The van der Waals surface area contributed by atoms with E-state index in [9.17, 15) is 9.59 Å². The predicted molar refractivity (Wildman–Crippen MR) is 124 cm³/mol. The first-order valence-corrected chi connectivity index (χ1v) is 10.4. The van der Waals surface area contributed by atoms with Crippen molar-refractivity contribution in [3.8, 4) is 0 Å².